The van der Waals surface area contributed by atoms with Crippen LogP contribution in [0, 0.1) is 12.7 Å². The van der Waals surface area contributed by atoms with Crippen LogP contribution in [0.2, 0.25) is 0 Å². The van der Waals surface area contributed by atoms with Crippen LogP contribution >= 0.6 is 0 Å². The summed E-state index contributed by atoms with van der Waals surface area (Å²) in [6, 6.07) is 5.61. The number of hydrogen-bond donors (Lipinski definition) is 1. The summed E-state index contributed by atoms with van der Waals surface area (Å²) in [5.41, 5.74) is 2.32. The van der Waals surface area contributed by atoms with E-state index < -0.39 is 0 Å². The Hall–Kier alpha value is -0.890. The van der Waals surface area contributed by atoms with Gasteiger partial charge in [-0.2, -0.15) is 0 Å². The van der Waals surface area contributed by atoms with Crippen LogP contribution in [0.4, 0.5) is 4.39 Å². The fourth-order valence-electron chi connectivity index (χ4n) is 2.32. The summed E-state index contributed by atoms with van der Waals surface area (Å²) >= 11 is 0. The van der Waals surface area contributed by atoms with E-state index in [-0.39, 0.29) is 5.82 Å². The van der Waals surface area contributed by atoms with Crippen molar-refractivity contribution in [1.29, 1.82) is 0 Å². The van der Waals surface area contributed by atoms with Crippen molar-refractivity contribution in [3.8, 4) is 0 Å². The van der Waals surface area contributed by atoms with Gasteiger partial charge in [-0.3, -0.25) is 0 Å². The first-order valence-corrected chi connectivity index (χ1v) is 6.54. The minimum atomic E-state index is -0.143. The molecule has 2 unspecified atom stereocenters. The van der Waals surface area contributed by atoms with E-state index in [9.17, 15) is 4.39 Å². The summed E-state index contributed by atoms with van der Waals surface area (Å²) in [5, 5.41) is 3.49. The van der Waals surface area contributed by atoms with Gasteiger partial charge in [0.05, 0.1) is 0 Å². The molecule has 1 aromatic rings. The van der Waals surface area contributed by atoms with E-state index in [1.54, 1.807) is 12.1 Å². The molecule has 0 amide bonds. The van der Waals surface area contributed by atoms with Crippen molar-refractivity contribution >= 4 is 0 Å². The summed E-state index contributed by atoms with van der Waals surface area (Å²) in [6.45, 7) is 9.65. The number of rotatable bonds is 6. The summed E-state index contributed by atoms with van der Waals surface area (Å²) in [4.78, 5) is 0. The van der Waals surface area contributed by atoms with E-state index in [4.69, 9.17) is 0 Å². The van der Waals surface area contributed by atoms with Gasteiger partial charge in [-0.05, 0) is 62.4 Å². The van der Waals surface area contributed by atoms with Gasteiger partial charge in [0.15, 0.2) is 0 Å². The normalized spacial score (nSPS) is 14.6. The van der Waals surface area contributed by atoms with Crippen LogP contribution in [0.15, 0.2) is 18.2 Å². The smallest absolute Gasteiger partial charge is 0.123 e. The molecule has 0 saturated carbocycles. The summed E-state index contributed by atoms with van der Waals surface area (Å²) < 4.78 is 13.0. The molecular weight excluding hydrogens is 213 g/mol. The lowest BCUT2D eigenvalue weighted by Gasteiger charge is -2.20. The number of nitrogens with one attached hydrogen (secondary N) is 1. The Labute approximate surface area is 104 Å². The monoisotopic (exact) mass is 237 g/mol. The molecule has 1 aromatic carbocycles. The van der Waals surface area contributed by atoms with Gasteiger partial charge in [-0.25, -0.2) is 4.39 Å². The average molecular weight is 237 g/mol. The molecule has 0 saturated heterocycles. The average Bonchev–Trinajstić information content (AvgIpc) is 2.26. The molecule has 0 aliphatic heterocycles. The fourth-order valence-corrected chi connectivity index (χ4v) is 2.32. The fraction of sp³-hybridized carbons (Fsp3) is 0.600. The topological polar surface area (TPSA) is 12.0 Å². The van der Waals surface area contributed by atoms with Crippen LogP contribution in [-0.4, -0.2) is 12.6 Å². The lowest BCUT2D eigenvalue weighted by atomic mass is 9.91. The number of halogens is 1. The first-order valence-electron chi connectivity index (χ1n) is 6.54. The molecule has 17 heavy (non-hydrogen) atoms. The van der Waals surface area contributed by atoms with E-state index in [1.165, 1.54) is 5.56 Å². The highest BCUT2D eigenvalue weighted by atomic mass is 19.1. The molecule has 0 aliphatic rings. The molecule has 2 heteroatoms. The van der Waals surface area contributed by atoms with Crippen molar-refractivity contribution < 1.29 is 4.39 Å². The molecule has 0 fully saturated rings. The second kappa shape index (κ2) is 6.75. The van der Waals surface area contributed by atoms with Gasteiger partial charge in [0.1, 0.15) is 5.82 Å². The molecule has 0 aromatic heterocycles. The maximum Gasteiger partial charge on any atom is 0.123 e. The Morgan fingerprint density at radius 3 is 2.59 bits per heavy atom. The molecule has 0 aliphatic carbocycles. The zero-order chi connectivity index (χ0) is 12.8. The van der Waals surface area contributed by atoms with E-state index in [0.717, 1.165) is 24.9 Å². The van der Waals surface area contributed by atoms with Crippen LogP contribution in [0.25, 0.3) is 0 Å². The highest BCUT2D eigenvalue weighted by molar-refractivity contribution is 5.29. The van der Waals surface area contributed by atoms with Gasteiger partial charge >= 0.3 is 0 Å². The first-order chi connectivity index (χ1) is 8.04. The molecular formula is C15H24FN. The molecule has 0 heterocycles. The van der Waals surface area contributed by atoms with Gasteiger partial charge in [0.25, 0.3) is 0 Å². The van der Waals surface area contributed by atoms with Crippen LogP contribution in [0.3, 0.4) is 0 Å². The van der Waals surface area contributed by atoms with Crippen molar-refractivity contribution in [2.24, 2.45) is 0 Å². The third-order valence-electron chi connectivity index (χ3n) is 3.21. The second-order valence-electron chi connectivity index (χ2n) is 4.99. The van der Waals surface area contributed by atoms with E-state index >= 15 is 0 Å². The van der Waals surface area contributed by atoms with Crippen molar-refractivity contribution in [1.82, 2.24) is 5.32 Å². The van der Waals surface area contributed by atoms with Crippen LogP contribution in [0.5, 0.6) is 0 Å². The maximum absolute atomic E-state index is 13.0. The summed E-state index contributed by atoms with van der Waals surface area (Å²) in [6.07, 6.45) is 2.25. The van der Waals surface area contributed by atoms with Gasteiger partial charge in [-0.1, -0.05) is 19.9 Å². The minimum absolute atomic E-state index is 0.143. The molecule has 96 valence electrons. The number of hydrogen-bond acceptors (Lipinski definition) is 1. The zero-order valence-electron chi connectivity index (χ0n) is 11.4. The molecule has 1 N–H and O–H groups in total. The minimum Gasteiger partial charge on any atom is -0.314 e. The molecule has 1 nitrogen and oxygen atoms in total. The van der Waals surface area contributed by atoms with Crippen LogP contribution in [-0.2, 0) is 0 Å². The van der Waals surface area contributed by atoms with Crippen molar-refractivity contribution in [2.45, 2.75) is 52.5 Å². The van der Waals surface area contributed by atoms with Crippen LogP contribution in [0.1, 0.15) is 50.7 Å². The van der Waals surface area contributed by atoms with Crippen molar-refractivity contribution in [2.75, 3.05) is 6.54 Å². The Kier molecular flexibility index (Phi) is 5.63. The summed E-state index contributed by atoms with van der Waals surface area (Å²) in [7, 11) is 0. The Balaban J connectivity index is 2.60. The van der Waals surface area contributed by atoms with Gasteiger partial charge < -0.3 is 5.32 Å². The van der Waals surface area contributed by atoms with E-state index in [2.05, 4.69) is 26.1 Å². The third kappa shape index (κ3) is 4.47. The lowest BCUT2D eigenvalue weighted by molar-refractivity contribution is 0.478. The maximum atomic E-state index is 13.0. The van der Waals surface area contributed by atoms with E-state index in [1.807, 2.05) is 13.0 Å². The first kappa shape index (κ1) is 14.2. The lowest BCUT2D eigenvalue weighted by Crippen LogP contribution is -2.28. The quantitative estimate of drug-likeness (QED) is 0.788. The van der Waals surface area contributed by atoms with Gasteiger partial charge in [0, 0.05) is 6.04 Å². The highest BCUT2D eigenvalue weighted by Gasteiger charge is 2.12. The molecule has 1 rings (SSSR count). The standard InChI is InChI=1S/C15H24FN/c1-5-8-17-13(4)9-11(2)15-7-6-14(16)10-12(15)3/h6-7,10-11,13,17H,5,8-9H2,1-4H3. The molecule has 0 bridgehead atoms. The Morgan fingerprint density at radius 2 is 2.00 bits per heavy atom. The largest absolute Gasteiger partial charge is 0.314 e. The van der Waals surface area contributed by atoms with Gasteiger partial charge in [-0.15, -0.1) is 0 Å². The third-order valence-corrected chi connectivity index (χ3v) is 3.21. The molecule has 2 atom stereocenters. The molecule has 0 radical (unpaired) electrons. The number of aryl methyl sites for hydroxylation is 1. The Morgan fingerprint density at radius 1 is 1.29 bits per heavy atom. The Bertz CT molecular complexity index is 349. The van der Waals surface area contributed by atoms with E-state index in [0.29, 0.717) is 12.0 Å². The van der Waals surface area contributed by atoms with Gasteiger partial charge in [0.2, 0.25) is 0 Å². The number of benzene rings is 1. The SMILES string of the molecule is CCCNC(C)CC(C)c1ccc(F)cc1C. The second-order valence-corrected chi connectivity index (χ2v) is 4.99. The van der Waals surface area contributed by atoms with Crippen LogP contribution < -0.4 is 5.32 Å². The predicted octanol–water partition coefficient (Wildman–Crippen LogP) is 4.02. The zero-order valence-corrected chi connectivity index (χ0v) is 11.4. The van der Waals surface area contributed by atoms with Crippen molar-refractivity contribution in [3.05, 3.63) is 35.1 Å². The predicted molar refractivity (Wildman–Crippen MR) is 71.9 cm³/mol. The van der Waals surface area contributed by atoms with Crippen molar-refractivity contribution in [3.63, 3.8) is 0 Å². The summed E-state index contributed by atoms with van der Waals surface area (Å²) in [5.74, 6) is 0.325. The molecule has 0 spiro atoms. The highest BCUT2D eigenvalue weighted by Crippen LogP contribution is 2.24.